The molecule has 110 valence electrons. The maximum absolute atomic E-state index is 12.0. The number of carbonyl (C=O) groups is 1. The Morgan fingerprint density at radius 1 is 1.40 bits per heavy atom. The molecule has 4 nitrogen and oxygen atoms in total. The second-order valence-corrected chi connectivity index (χ2v) is 5.86. The van der Waals surface area contributed by atoms with Crippen molar-refractivity contribution in [2.75, 3.05) is 26.2 Å². The first-order valence-corrected chi connectivity index (χ1v) is 7.37. The number of aliphatic hydroxyl groups excluding tert-OH is 1. The van der Waals surface area contributed by atoms with Crippen molar-refractivity contribution < 1.29 is 9.90 Å². The van der Waals surface area contributed by atoms with Crippen LogP contribution in [0.4, 0.5) is 0 Å². The summed E-state index contributed by atoms with van der Waals surface area (Å²) in [6.07, 6.45) is 0. The fourth-order valence-electron chi connectivity index (χ4n) is 2.58. The van der Waals surface area contributed by atoms with E-state index in [2.05, 4.69) is 17.0 Å². The van der Waals surface area contributed by atoms with E-state index < -0.39 is 5.38 Å². The van der Waals surface area contributed by atoms with E-state index in [0.717, 1.165) is 13.1 Å². The number of amides is 1. The van der Waals surface area contributed by atoms with Crippen molar-refractivity contribution in [1.82, 2.24) is 9.80 Å². The molecule has 0 spiro atoms. The Bertz CT molecular complexity index is 439. The summed E-state index contributed by atoms with van der Waals surface area (Å²) in [6.45, 7) is 4.60. The van der Waals surface area contributed by atoms with Crippen LogP contribution < -0.4 is 0 Å². The number of carbonyl (C=O) groups excluding carboxylic acids is 1. The highest BCUT2D eigenvalue weighted by atomic mass is 35.5. The predicted molar refractivity (Wildman–Crippen MR) is 79.6 cm³/mol. The van der Waals surface area contributed by atoms with Gasteiger partial charge in [-0.1, -0.05) is 30.3 Å². The molecule has 1 N–H and O–H groups in total. The molecule has 20 heavy (non-hydrogen) atoms. The first-order chi connectivity index (χ1) is 9.61. The van der Waals surface area contributed by atoms with E-state index in [-0.39, 0.29) is 18.6 Å². The van der Waals surface area contributed by atoms with Crippen LogP contribution in [0.15, 0.2) is 30.3 Å². The van der Waals surface area contributed by atoms with Gasteiger partial charge in [0.15, 0.2) is 0 Å². The van der Waals surface area contributed by atoms with Gasteiger partial charge < -0.3 is 10.0 Å². The van der Waals surface area contributed by atoms with Gasteiger partial charge in [-0.05, 0) is 12.5 Å². The normalized spacial score (nSPS) is 21.8. The Labute approximate surface area is 124 Å². The Balaban J connectivity index is 1.97. The van der Waals surface area contributed by atoms with Gasteiger partial charge in [-0.3, -0.25) is 9.69 Å². The van der Waals surface area contributed by atoms with Crippen LogP contribution in [0.5, 0.6) is 0 Å². The molecule has 2 rings (SSSR count). The summed E-state index contributed by atoms with van der Waals surface area (Å²) in [4.78, 5) is 16.0. The first-order valence-electron chi connectivity index (χ1n) is 6.93. The highest BCUT2D eigenvalue weighted by Gasteiger charge is 2.31. The topological polar surface area (TPSA) is 43.8 Å². The highest BCUT2D eigenvalue weighted by Crippen LogP contribution is 2.15. The fourth-order valence-corrected chi connectivity index (χ4v) is 2.71. The van der Waals surface area contributed by atoms with Gasteiger partial charge in [-0.25, -0.2) is 0 Å². The molecule has 1 heterocycles. The Kier molecular flexibility index (Phi) is 5.40. The van der Waals surface area contributed by atoms with Crippen molar-refractivity contribution in [2.24, 2.45) is 0 Å². The maximum atomic E-state index is 12.0. The van der Waals surface area contributed by atoms with Gasteiger partial charge in [0.05, 0.1) is 12.6 Å². The molecule has 0 unspecified atom stereocenters. The van der Waals surface area contributed by atoms with Gasteiger partial charge in [0.25, 0.3) is 0 Å². The summed E-state index contributed by atoms with van der Waals surface area (Å²) < 4.78 is 0. The lowest BCUT2D eigenvalue weighted by Crippen LogP contribution is -2.57. The number of benzene rings is 1. The standard InChI is InChI=1S/C15H21ClN2O2/c1-12(16)15(20)18-8-7-17(10-14(18)11-19)9-13-5-3-2-4-6-13/h2-6,12,14,19H,7-11H2,1H3/t12-,14+/m1/s1. The number of hydrogen-bond acceptors (Lipinski definition) is 3. The van der Waals surface area contributed by atoms with Crippen LogP contribution in [0, 0.1) is 0 Å². The second-order valence-electron chi connectivity index (χ2n) is 5.20. The summed E-state index contributed by atoms with van der Waals surface area (Å²) in [6, 6.07) is 10.1. The summed E-state index contributed by atoms with van der Waals surface area (Å²) in [5, 5.41) is 8.98. The molecule has 1 fully saturated rings. The Morgan fingerprint density at radius 2 is 2.10 bits per heavy atom. The minimum absolute atomic E-state index is 0.0271. The van der Waals surface area contributed by atoms with Crippen LogP contribution >= 0.6 is 11.6 Å². The number of hydrogen-bond donors (Lipinski definition) is 1. The van der Waals surface area contributed by atoms with E-state index in [0.29, 0.717) is 13.1 Å². The number of nitrogens with zero attached hydrogens (tertiary/aromatic N) is 2. The van der Waals surface area contributed by atoms with E-state index >= 15 is 0 Å². The van der Waals surface area contributed by atoms with E-state index in [1.54, 1.807) is 11.8 Å². The molecule has 2 atom stereocenters. The third-order valence-corrected chi connectivity index (χ3v) is 3.84. The second kappa shape index (κ2) is 7.07. The van der Waals surface area contributed by atoms with E-state index in [1.165, 1.54) is 5.56 Å². The lowest BCUT2D eigenvalue weighted by molar-refractivity contribution is -0.136. The van der Waals surface area contributed by atoms with Gasteiger partial charge in [0.1, 0.15) is 5.38 Å². The average Bonchev–Trinajstić information content (AvgIpc) is 2.47. The molecule has 0 saturated carbocycles. The molecule has 1 saturated heterocycles. The van der Waals surface area contributed by atoms with Crippen LogP contribution in [0.3, 0.4) is 0 Å². The average molecular weight is 297 g/mol. The number of halogens is 1. The molecule has 0 bridgehead atoms. The SMILES string of the molecule is C[C@@H](Cl)C(=O)N1CCN(Cc2ccccc2)C[C@H]1CO. The number of aliphatic hydroxyl groups is 1. The molecule has 1 aliphatic rings. The number of rotatable bonds is 4. The molecule has 1 aromatic carbocycles. The molecular formula is C15H21ClN2O2. The van der Waals surface area contributed by atoms with Crippen LogP contribution in [-0.4, -0.2) is 58.5 Å². The number of alkyl halides is 1. The lowest BCUT2D eigenvalue weighted by atomic mass is 10.1. The molecule has 1 amide bonds. The summed E-state index contributed by atoms with van der Waals surface area (Å²) in [7, 11) is 0. The monoisotopic (exact) mass is 296 g/mol. The van der Waals surface area contributed by atoms with Gasteiger partial charge in [-0.15, -0.1) is 11.6 Å². The van der Waals surface area contributed by atoms with Gasteiger partial charge in [0, 0.05) is 26.2 Å². The predicted octanol–water partition coefficient (Wildman–Crippen LogP) is 1.32. The highest BCUT2D eigenvalue weighted by molar-refractivity contribution is 6.30. The van der Waals surface area contributed by atoms with Crippen molar-refractivity contribution in [3.8, 4) is 0 Å². The fraction of sp³-hybridized carbons (Fsp3) is 0.533. The molecule has 1 aromatic rings. The van der Waals surface area contributed by atoms with Crippen molar-refractivity contribution in [3.05, 3.63) is 35.9 Å². The van der Waals surface area contributed by atoms with Crippen LogP contribution in [0.1, 0.15) is 12.5 Å². The van der Waals surface area contributed by atoms with Gasteiger partial charge in [0.2, 0.25) is 5.91 Å². The molecule has 0 radical (unpaired) electrons. The molecule has 1 aliphatic heterocycles. The third-order valence-electron chi connectivity index (χ3n) is 3.65. The summed E-state index contributed by atoms with van der Waals surface area (Å²) in [5.74, 6) is -0.0925. The largest absolute Gasteiger partial charge is 0.394 e. The maximum Gasteiger partial charge on any atom is 0.240 e. The zero-order valence-electron chi connectivity index (χ0n) is 11.7. The molecule has 0 aliphatic carbocycles. The zero-order chi connectivity index (χ0) is 14.5. The Hall–Kier alpha value is -1.10. The minimum Gasteiger partial charge on any atom is -0.394 e. The number of piperazine rings is 1. The molecule has 5 heteroatoms. The van der Waals surface area contributed by atoms with Crippen molar-refractivity contribution >= 4 is 17.5 Å². The zero-order valence-corrected chi connectivity index (χ0v) is 12.5. The smallest absolute Gasteiger partial charge is 0.240 e. The van der Waals surface area contributed by atoms with Crippen molar-refractivity contribution in [2.45, 2.75) is 24.9 Å². The molecule has 0 aromatic heterocycles. The molecular weight excluding hydrogens is 276 g/mol. The summed E-state index contributed by atoms with van der Waals surface area (Å²) >= 11 is 5.86. The quantitative estimate of drug-likeness (QED) is 0.852. The van der Waals surface area contributed by atoms with E-state index in [1.807, 2.05) is 18.2 Å². The summed E-state index contributed by atoms with van der Waals surface area (Å²) in [5.41, 5.74) is 1.25. The van der Waals surface area contributed by atoms with Gasteiger partial charge >= 0.3 is 0 Å². The minimum atomic E-state index is -0.537. The first kappa shape index (κ1) is 15.3. The van der Waals surface area contributed by atoms with E-state index in [4.69, 9.17) is 11.6 Å². The third kappa shape index (κ3) is 3.72. The lowest BCUT2D eigenvalue weighted by Gasteiger charge is -2.41. The Morgan fingerprint density at radius 3 is 2.70 bits per heavy atom. The van der Waals surface area contributed by atoms with Crippen LogP contribution in [0.25, 0.3) is 0 Å². The van der Waals surface area contributed by atoms with Crippen molar-refractivity contribution in [3.63, 3.8) is 0 Å². The van der Waals surface area contributed by atoms with Crippen molar-refractivity contribution in [1.29, 1.82) is 0 Å². The van der Waals surface area contributed by atoms with E-state index in [9.17, 15) is 9.90 Å². The van der Waals surface area contributed by atoms with Crippen LogP contribution in [-0.2, 0) is 11.3 Å². The van der Waals surface area contributed by atoms with Gasteiger partial charge in [-0.2, -0.15) is 0 Å². The van der Waals surface area contributed by atoms with Crippen LogP contribution in [0.2, 0.25) is 0 Å².